The standard InChI is InChI=1S/C15H13ClN2O/c1-11(12-7-9-14(16)10-8-12)17-18-15(19)13-5-3-2-4-6-13/h2-10H,1H3,(H,18,19)/b17-11-. The van der Waals surface area contributed by atoms with Crippen molar-refractivity contribution in [3.05, 3.63) is 70.7 Å². The van der Waals surface area contributed by atoms with Crippen LogP contribution < -0.4 is 5.43 Å². The maximum Gasteiger partial charge on any atom is 0.271 e. The fourth-order valence-corrected chi connectivity index (χ4v) is 1.67. The molecule has 2 aromatic rings. The van der Waals surface area contributed by atoms with Crippen LogP contribution >= 0.6 is 11.6 Å². The number of amides is 1. The molecular weight excluding hydrogens is 260 g/mol. The van der Waals surface area contributed by atoms with Crippen molar-refractivity contribution in [1.82, 2.24) is 5.43 Å². The Balaban J connectivity index is 2.06. The Labute approximate surface area is 116 Å². The third kappa shape index (κ3) is 3.66. The van der Waals surface area contributed by atoms with Crippen molar-refractivity contribution in [3.63, 3.8) is 0 Å². The summed E-state index contributed by atoms with van der Waals surface area (Å²) in [6.07, 6.45) is 0. The summed E-state index contributed by atoms with van der Waals surface area (Å²) in [4.78, 5) is 11.8. The summed E-state index contributed by atoms with van der Waals surface area (Å²) in [5.41, 5.74) is 4.74. The van der Waals surface area contributed by atoms with E-state index in [9.17, 15) is 4.79 Å². The van der Waals surface area contributed by atoms with E-state index >= 15 is 0 Å². The molecule has 0 aliphatic rings. The average Bonchev–Trinajstić information content (AvgIpc) is 2.46. The molecule has 1 amide bonds. The minimum absolute atomic E-state index is 0.228. The average molecular weight is 273 g/mol. The summed E-state index contributed by atoms with van der Waals surface area (Å²) in [6, 6.07) is 16.2. The highest BCUT2D eigenvalue weighted by atomic mass is 35.5. The topological polar surface area (TPSA) is 41.5 Å². The molecule has 0 heterocycles. The van der Waals surface area contributed by atoms with Crippen molar-refractivity contribution in [1.29, 1.82) is 0 Å². The van der Waals surface area contributed by atoms with Crippen LogP contribution in [-0.2, 0) is 0 Å². The van der Waals surface area contributed by atoms with Crippen LogP contribution in [0.4, 0.5) is 0 Å². The Morgan fingerprint density at radius 2 is 1.63 bits per heavy atom. The lowest BCUT2D eigenvalue weighted by molar-refractivity contribution is 0.0955. The molecule has 0 aromatic heterocycles. The van der Waals surface area contributed by atoms with Crippen LogP contribution in [0.3, 0.4) is 0 Å². The van der Waals surface area contributed by atoms with Gasteiger partial charge in [-0.25, -0.2) is 5.43 Å². The van der Waals surface area contributed by atoms with E-state index in [-0.39, 0.29) is 5.91 Å². The molecule has 96 valence electrons. The first-order valence-electron chi connectivity index (χ1n) is 5.82. The predicted molar refractivity (Wildman–Crippen MR) is 77.6 cm³/mol. The fraction of sp³-hybridized carbons (Fsp3) is 0.0667. The molecular formula is C15H13ClN2O. The molecule has 0 unspecified atom stereocenters. The van der Waals surface area contributed by atoms with Crippen molar-refractivity contribution in [2.75, 3.05) is 0 Å². The molecule has 2 rings (SSSR count). The van der Waals surface area contributed by atoms with E-state index in [0.29, 0.717) is 10.6 Å². The number of carbonyl (C=O) groups excluding carboxylic acids is 1. The van der Waals surface area contributed by atoms with E-state index in [1.54, 1.807) is 24.3 Å². The molecule has 0 radical (unpaired) electrons. The maximum absolute atomic E-state index is 11.8. The predicted octanol–water partition coefficient (Wildman–Crippen LogP) is 3.49. The quantitative estimate of drug-likeness (QED) is 0.674. The van der Waals surface area contributed by atoms with Gasteiger partial charge in [-0.05, 0) is 36.8 Å². The minimum Gasteiger partial charge on any atom is -0.267 e. The highest BCUT2D eigenvalue weighted by Gasteiger charge is 2.03. The lowest BCUT2D eigenvalue weighted by Gasteiger charge is -2.03. The van der Waals surface area contributed by atoms with Gasteiger partial charge in [0.15, 0.2) is 0 Å². The summed E-state index contributed by atoms with van der Waals surface area (Å²) in [6.45, 7) is 1.83. The number of hydrogen-bond donors (Lipinski definition) is 1. The number of nitrogens with zero attached hydrogens (tertiary/aromatic N) is 1. The van der Waals surface area contributed by atoms with E-state index in [1.807, 2.05) is 37.3 Å². The van der Waals surface area contributed by atoms with Crippen molar-refractivity contribution in [2.45, 2.75) is 6.92 Å². The second-order valence-electron chi connectivity index (χ2n) is 4.01. The molecule has 19 heavy (non-hydrogen) atoms. The number of hydrazone groups is 1. The van der Waals surface area contributed by atoms with Crippen LogP contribution in [0.1, 0.15) is 22.8 Å². The maximum atomic E-state index is 11.8. The van der Waals surface area contributed by atoms with Crippen LogP contribution in [0, 0.1) is 0 Å². The lowest BCUT2D eigenvalue weighted by Crippen LogP contribution is -2.19. The second kappa shape index (κ2) is 6.16. The fourth-order valence-electron chi connectivity index (χ4n) is 1.54. The molecule has 0 atom stereocenters. The first kappa shape index (κ1) is 13.3. The van der Waals surface area contributed by atoms with Gasteiger partial charge in [-0.1, -0.05) is 41.9 Å². The van der Waals surface area contributed by atoms with Gasteiger partial charge in [0, 0.05) is 10.6 Å². The van der Waals surface area contributed by atoms with Crippen LogP contribution in [0.5, 0.6) is 0 Å². The Kier molecular flexibility index (Phi) is 4.31. The molecule has 4 heteroatoms. The molecule has 0 fully saturated rings. The number of nitrogens with one attached hydrogen (secondary N) is 1. The zero-order valence-corrected chi connectivity index (χ0v) is 11.2. The van der Waals surface area contributed by atoms with Gasteiger partial charge < -0.3 is 0 Å². The minimum atomic E-state index is -0.228. The molecule has 2 aromatic carbocycles. The SMILES string of the molecule is C/C(=N/NC(=O)c1ccccc1)c1ccc(Cl)cc1. The zero-order valence-electron chi connectivity index (χ0n) is 10.4. The molecule has 0 aliphatic carbocycles. The Hall–Kier alpha value is -2.13. The number of halogens is 1. The Morgan fingerprint density at radius 3 is 2.26 bits per heavy atom. The third-order valence-electron chi connectivity index (χ3n) is 2.62. The van der Waals surface area contributed by atoms with Crippen LogP contribution in [0.15, 0.2) is 59.7 Å². The summed E-state index contributed by atoms with van der Waals surface area (Å²) in [5, 5.41) is 4.75. The van der Waals surface area contributed by atoms with Gasteiger partial charge >= 0.3 is 0 Å². The molecule has 0 spiro atoms. The zero-order chi connectivity index (χ0) is 13.7. The van der Waals surface area contributed by atoms with Gasteiger partial charge in [0.05, 0.1) is 5.71 Å². The molecule has 1 N–H and O–H groups in total. The number of benzene rings is 2. The Morgan fingerprint density at radius 1 is 1.00 bits per heavy atom. The van der Waals surface area contributed by atoms with E-state index in [1.165, 1.54) is 0 Å². The van der Waals surface area contributed by atoms with Crippen LogP contribution in [-0.4, -0.2) is 11.6 Å². The van der Waals surface area contributed by atoms with E-state index < -0.39 is 0 Å². The van der Waals surface area contributed by atoms with Crippen molar-refractivity contribution in [2.24, 2.45) is 5.10 Å². The van der Waals surface area contributed by atoms with Crippen LogP contribution in [0.25, 0.3) is 0 Å². The second-order valence-corrected chi connectivity index (χ2v) is 4.45. The third-order valence-corrected chi connectivity index (χ3v) is 2.88. The molecule has 0 saturated carbocycles. The highest BCUT2D eigenvalue weighted by Crippen LogP contribution is 2.10. The van der Waals surface area contributed by atoms with Gasteiger partial charge in [-0.3, -0.25) is 4.79 Å². The van der Waals surface area contributed by atoms with Crippen LogP contribution in [0.2, 0.25) is 5.02 Å². The van der Waals surface area contributed by atoms with Gasteiger partial charge in [-0.15, -0.1) is 0 Å². The number of hydrogen-bond acceptors (Lipinski definition) is 2. The number of carbonyl (C=O) groups is 1. The smallest absolute Gasteiger partial charge is 0.267 e. The van der Waals surface area contributed by atoms with E-state index in [0.717, 1.165) is 11.3 Å². The highest BCUT2D eigenvalue weighted by molar-refractivity contribution is 6.30. The van der Waals surface area contributed by atoms with Gasteiger partial charge in [0.25, 0.3) is 5.91 Å². The molecule has 0 saturated heterocycles. The van der Waals surface area contributed by atoms with Gasteiger partial charge in [0.2, 0.25) is 0 Å². The normalized spacial score (nSPS) is 11.2. The molecule has 0 aliphatic heterocycles. The number of rotatable bonds is 3. The lowest BCUT2D eigenvalue weighted by atomic mass is 10.1. The van der Waals surface area contributed by atoms with Crippen molar-refractivity contribution >= 4 is 23.2 Å². The van der Waals surface area contributed by atoms with Crippen molar-refractivity contribution in [3.8, 4) is 0 Å². The summed E-state index contributed by atoms with van der Waals surface area (Å²) in [7, 11) is 0. The Bertz CT molecular complexity index is 591. The summed E-state index contributed by atoms with van der Waals surface area (Å²) >= 11 is 5.81. The van der Waals surface area contributed by atoms with E-state index in [4.69, 9.17) is 11.6 Å². The van der Waals surface area contributed by atoms with Gasteiger partial charge in [-0.2, -0.15) is 5.10 Å². The summed E-state index contributed by atoms with van der Waals surface area (Å²) < 4.78 is 0. The first-order chi connectivity index (χ1) is 9.16. The summed E-state index contributed by atoms with van der Waals surface area (Å²) in [5.74, 6) is -0.228. The van der Waals surface area contributed by atoms with Crippen molar-refractivity contribution < 1.29 is 4.79 Å². The first-order valence-corrected chi connectivity index (χ1v) is 6.20. The monoisotopic (exact) mass is 272 g/mol. The molecule has 3 nitrogen and oxygen atoms in total. The molecule has 0 bridgehead atoms. The van der Waals surface area contributed by atoms with Gasteiger partial charge in [0.1, 0.15) is 0 Å². The largest absolute Gasteiger partial charge is 0.271 e. The van der Waals surface area contributed by atoms with E-state index in [2.05, 4.69) is 10.5 Å².